The molecule has 0 aliphatic heterocycles. The van der Waals surface area contributed by atoms with Gasteiger partial charge in [0.1, 0.15) is 6.42 Å². The van der Waals surface area contributed by atoms with Gasteiger partial charge in [-0.25, -0.2) is 0 Å². The van der Waals surface area contributed by atoms with E-state index in [2.05, 4.69) is 4.74 Å². The Morgan fingerprint density at radius 2 is 1.72 bits per heavy atom. The van der Waals surface area contributed by atoms with Crippen molar-refractivity contribution >= 4 is 29.1 Å². The zero-order valence-corrected chi connectivity index (χ0v) is 10.7. The largest absolute Gasteiger partial charge is 0.466 e. The van der Waals surface area contributed by atoms with Crippen LogP contribution >= 0.6 is 11.6 Å². The molecule has 0 N–H and O–H groups in total. The Bertz CT molecular complexity index is 451. The lowest BCUT2D eigenvalue weighted by Crippen LogP contribution is -2.14. The van der Waals surface area contributed by atoms with Crippen molar-refractivity contribution in [3.63, 3.8) is 0 Å². The molecule has 5 heteroatoms. The van der Waals surface area contributed by atoms with Crippen LogP contribution in [0.15, 0.2) is 24.3 Å². The normalized spacial score (nSPS) is 9.89. The molecule has 0 aliphatic carbocycles. The van der Waals surface area contributed by atoms with Crippen LogP contribution in [-0.2, 0) is 14.3 Å². The lowest BCUT2D eigenvalue weighted by molar-refractivity contribution is -0.145. The van der Waals surface area contributed by atoms with E-state index in [1.165, 1.54) is 0 Å². The summed E-state index contributed by atoms with van der Waals surface area (Å²) in [6, 6.07) is 6.24. The number of benzene rings is 1. The van der Waals surface area contributed by atoms with Crippen molar-refractivity contribution in [1.29, 1.82) is 0 Å². The molecular weight excluding hydrogens is 256 g/mol. The Morgan fingerprint density at radius 3 is 2.28 bits per heavy atom. The summed E-state index contributed by atoms with van der Waals surface area (Å²) in [5, 5.41) is 0.518. The number of halogens is 1. The van der Waals surface area contributed by atoms with E-state index in [1.807, 2.05) is 0 Å². The van der Waals surface area contributed by atoms with Crippen molar-refractivity contribution in [2.75, 3.05) is 6.61 Å². The first-order chi connectivity index (χ1) is 8.52. The van der Waals surface area contributed by atoms with Crippen molar-refractivity contribution in [3.8, 4) is 0 Å². The van der Waals surface area contributed by atoms with Crippen LogP contribution in [0.3, 0.4) is 0 Å². The van der Waals surface area contributed by atoms with Crippen LogP contribution < -0.4 is 0 Å². The van der Waals surface area contributed by atoms with Gasteiger partial charge in [-0.3, -0.25) is 14.4 Å². The average Bonchev–Trinajstić information content (AvgIpc) is 2.29. The number of ketones is 2. The molecule has 0 unspecified atom stereocenters. The molecule has 18 heavy (non-hydrogen) atoms. The van der Waals surface area contributed by atoms with Crippen molar-refractivity contribution in [2.45, 2.75) is 19.8 Å². The zero-order valence-electron chi connectivity index (χ0n) is 9.94. The maximum atomic E-state index is 11.7. The minimum absolute atomic E-state index is 0.219. The minimum atomic E-state index is -0.605. The molecule has 1 rings (SSSR count). The van der Waals surface area contributed by atoms with Crippen molar-refractivity contribution < 1.29 is 19.1 Å². The van der Waals surface area contributed by atoms with Gasteiger partial charge in [0.05, 0.1) is 13.0 Å². The number of ether oxygens (including phenoxy) is 1. The fourth-order valence-electron chi connectivity index (χ4n) is 1.35. The van der Waals surface area contributed by atoms with Crippen molar-refractivity contribution in [2.24, 2.45) is 0 Å². The first-order valence-corrected chi connectivity index (χ1v) is 5.86. The minimum Gasteiger partial charge on any atom is -0.466 e. The third-order valence-corrected chi connectivity index (χ3v) is 2.42. The molecule has 0 bridgehead atoms. The second-order valence-electron chi connectivity index (χ2n) is 3.63. The highest BCUT2D eigenvalue weighted by Gasteiger charge is 2.15. The zero-order chi connectivity index (χ0) is 13.5. The van der Waals surface area contributed by atoms with Crippen LogP contribution in [0, 0.1) is 0 Å². The van der Waals surface area contributed by atoms with Gasteiger partial charge in [0.2, 0.25) is 0 Å². The molecule has 0 spiro atoms. The number of esters is 1. The summed E-state index contributed by atoms with van der Waals surface area (Å²) in [4.78, 5) is 34.2. The van der Waals surface area contributed by atoms with E-state index in [0.717, 1.165) is 0 Å². The standard InChI is InChI=1S/C13H13ClO4/c1-2-18-13(17)8-11(15)7-12(16)9-3-5-10(14)6-4-9/h3-6H,2,7-8H2,1H3. The van der Waals surface area contributed by atoms with Gasteiger partial charge in [0.15, 0.2) is 11.6 Å². The van der Waals surface area contributed by atoms with Crippen LogP contribution in [0.4, 0.5) is 0 Å². The van der Waals surface area contributed by atoms with Crippen LogP contribution in [0.2, 0.25) is 5.02 Å². The number of hydrogen-bond acceptors (Lipinski definition) is 4. The van der Waals surface area contributed by atoms with E-state index in [9.17, 15) is 14.4 Å². The number of carbonyl (C=O) groups is 3. The molecule has 0 amide bonds. The summed E-state index contributed by atoms with van der Waals surface area (Å²) in [7, 11) is 0. The first-order valence-electron chi connectivity index (χ1n) is 5.49. The van der Waals surface area contributed by atoms with Gasteiger partial charge in [-0.1, -0.05) is 11.6 Å². The third kappa shape index (κ3) is 4.67. The Labute approximate surface area is 110 Å². The van der Waals surface area contributed by atoms with E-state index in [1.54, 1.807) is 31.2 Å². The summed E-state index contributed by atoms with van der Waals surface area (Å²) in [5.74, 6) is -1.39. The molecule has 0 aromatic heterocycles. The SMILES string of the molecule is CCOC(=O)CC(=O)CC(=O)c1ccc(Cl)cc1. The van der Waals surface area contributed by atoms with Crippen molar-refractivity contribution in [3.05, 3.63) is 34.9 Å². The van der Waals surface area contributed by atoms with Crippen LogP contribution in [0.1, 0.15) is 30.1 Å². The average molecular weight is 269 g/mol. The van der Waals surface area contributed by atoms with Gasteiger partial charge in [0.25, 0.3) is 0 Å². The number of hydrogen-bond donors (Lipinski definition) is 0. The van der Waals surface area contributed by atoms with Gasteiger partial charge in [-0.05, 0) is 31.2 Å². The van der Waals surface area contributed by atoms with E-state index in [4.69, 9.17) is 11.6 Å². The van der Waals surface area contributed by atoms with Crippen molar-refractivity contribution in [1.82, 2.24) is 0 Å². The summed E-state index contributed by atoms with van der Waals surface area (Å²) >= 11 is 5.69. The van der Waals surface area contributed by atoms with Gasteiger partial charge in [-0.15, -0.1) is 0 Å². The molecule has 4 nitrogen and oxygen atoms in total. The number of Topliss-reactive ketones (excluding diaryl/α,β-unsaturated/α-hetero) is 2. The molecular formula is C13H13ClO4. The summed E-state index contributed by atoms with van der Waals surface area (Å²) in [6.07, 6.45) is -0.673. The lowest BCUT2D eigenvalue weighted by atomic mass is 10.0. The maximum absolute atomic E-state index is 11.7. The summed E-state index contributed by atoms with van der Waals surface area (Å²) < 4.78 is 4.63. The van der Waals surface area contributed by atoms with Gasteiger partial charge in [-0.2, -0.15) is 0 Å². The third-order valence-electron chi connectivity index (χ3n) is 2.17. The predicted molar refractivity (Wildman–Crippen MR) is 66.7 cm³/mol. The van der Waals surface area contributed by atoms with E-state index in [0.29, 0.717) is 10.6 Å². The first kappa shape index (κ1) is 14.4. The second kappa shape index (κ2) is 6.91. The topological polar surface area (TPSA) is 60.4 Å². The Hall–Kier alpha value is -1.68. The fourth-order valence-corrected chi connectivity index (χ4v) is 1.48. The predicted octanol–water partition coefficient (Wildman–Crippen LogP) is 2.44. The molecule has 0 saturated heterocycles. The highest BCUT2D eigenvalue weighted by Crippen LogP contribution is 2.11. The van der Waals surface area contributed by atoms with Gasteiger partial charge in [0, 0.05) is 10.6 Å². The fraction of sp³-hybridized carbons (Fsp3) is 0.308. The Balaban J connectivity index is 2.52. The van der Waals surface area contributed by atoms with Crippen LogP contribution in [0.5, 0.6) is 0 Å². The lowest BCUT2D eigenvalue weighted by Gasteiger charge is -2.02. The van der Waals surface area contributed by atoms with E-state index < -0.39 is 11.8 Å². The van der Waals surface area contributed by atoms with E-state index in [-0.39, 0.29) is 25.2 Å². The molecule has 0 aliphatic rings. The monoisotopic (exact) mass is 268 g/mol. The Morgan fingerprint density at radius 1 is 1.11 bits per heavy atom. The molecule has 0 fully saturated rings. The molecule has 1 aromatic rings. The summed E-state index contributed by atoms with van der Waals surface area (Å²) in [6.45, 7) is 1.87. The number of carbonyl (C=O) groups excluding carboxylic acids is 3. The Kier molecular flexibility index (Phi) is 5.52. The quantitative estimate of drug-likeness (QED) is 0.452. The molecule has 0 atom stereocenters. The highest BCUT2D eigenvalue weighted by molar-refractivity contribution is 6.30. The molecule has 1 aromatic carbocycles. The highest BCUT2D eigenvalue weighted by atomic mass is 35.5. The number of rotatable bonds is 6. The second-order valence-corrected chi connectivity index (χ2v) is 4.06. The molecule has 0 radical (unpaired) electrons. The smallest absolute Gasteiger partial charge is 0.313 e. The summed E-state index contributed by atoms with van der Waals surface area (Å²) in [5.41, 5.74) is 0.400. The van der Waals surface area contributed by atoms with E-state index >= 15 is 0 Å². The van der Waals surface area contributed by atoms with Gasteiger partial charge >= 0.3 is 5.97 Å². The maximum Gasteiger partial charge on any atom is 0.313 e. The molecule has 96 valence electrons. The van der Waals surface area contributed by atoms with Crippen LogP contribution in [-0.4, -0.2) is 24.1 Å². The molecule has 0 saturated carbocycles. The molecule has 0 heterocycles. The van der Waals surface area contributed by atoms with Crippen LogP contribution in [0.25, 0.3) is 0 Å². The van der Waals surface area contributed by atoms with Gasteiger partial charge < -0.3 is 4.74 Å².